The topological polar surface area (TPSA) is 58.2 Å². The fraction of sp³-hybridized carbons (Fsp3) is 0.333. The lowest BCUT2D eigenvalue weighted by Gasteiger charge is -2.28. The minimum Gasteiger partial charge on any atom is -0.323 e. The van der Waals surface area contributed by atoms with Crippen molar-refractivity contribution in [1.29, 1.82) is 0 Å². The van der Waals surface area contributed by atoms with E-state index < -0.39 is 11.6 Å². The molecule has 4 heteroatoms. The fourth-order valence-electron chi connectivity index (χ4n) is 1.94. The molecule has 3 amide bonds. The molecule has 0 bridgehead atoms. The number of rotatable bonds is 2. The molecule has 2 rings (SSSR count). The van der Waals surface area contributed by atoms with Crippen LogP contribution in [0.1, 0.15) is 25.3 Å². The molecule has 0 spiro atoms. The van der Waals surface area contributed by atoms with Gasteiger partial charge in [-0.15, -0.1) is 0 Å². The van der Waals surface area contributed by atoms with Crippen LogP contribution in [-0.4, -0.2) is 17.5 Å². The van der Waals surface area contributed by atoms with Crippen molar-refractivity contribution in [3.05, 3.63) is 35.9 Å². The molecule has 0 unspecified atom stereocenters. The van der Waals surface area contributed by atoms with Crippen molar-refractivity contribution < 1.29 is 9.59 Å². The summed E-state index contributed by atoms with van der Waals surface area (Å²) in [5.74, 6) is -0.339. The number of benzene rings is 1. The van der Waals surface area contributed by atoms with E-state index in [4.69, 9.17) is 0 Å². The van der Waals surface area contributed by atoms with Gasteiger partial charge < -0.3 is 5.32 Å². The van der Waals surface area contributed by atoms with Crippen LogP contribution in [0.25, 0.3) is 0 Å². The SMILES string of the molecule is C[C@@H](c1ccccc1)[C@@]1(C)NC(=O)NC1=O. The molecule has 0 aromatic heterocycles. The third-order valence-corrected chi connectivity index (χ3v) is 3.24. The highest BCUT2D eigenvalue weighted by atomic mass is 16.2. The van der Waals surface area contributed by atoms with Crippen LogP contribution in [0.2, 0.25) is 0 Å². The van der Waals surface area contributed by atoms with Gasteiger partial charge in [-0.2, -0.15) is 0 Å². The van der Waals surface area contributed by atoms with Crippen LogP contribution in [0.4, 0.5) is 4.79 Å². The second-order valence-corrected chi connectivity index (χ2v) is 4.24. The number of hydrogen-bond acceptors (Lipinski definition) is 2. The van der Waals surface area contributed by atoms with Crippen LogP contribution < -0.4 is 10.6 Å². The van der Waals surface area contributed by atoms with Crippen molar-refractivity contribution in [3.8, 4) is 0 Å². The molecule has 84 valence electrons. The third kappa shape index (κ3) is 1.56. The Morgan fingerprint density at radius 2 is 1.81 bits per heavy atom. The first-order valence-electron chi connectivity index (χ1n) is 5.22. The first-order valence-corrected chi connectivity index (χ1v) is 5.22. The van der Waals surface area contributed by atoms with Crippen molar-refractivity contribution in [3.63, 3.8) is 0 Å². The minimum atomic E-state index is -0.863. The molecular weight excluding hydrogens is 204 g/mol. The lowest BCUT2D eigenvalue weighted by Crippen LogP contribution is -2.48. The van der Waals surface area contributed by atoms with E-state index >= 15 is 0 Å². The zero-order valence-corrected chi connectivity index (χ0v) is 9.28. The summed E-state index contributed by atoms with van der Waals surface area (Å²) in [5.41, 5.74) is 0.167. The quantitative estimate of drug-likeness (QED) is 0.737. The molecule has 1 aliphatic rings. The number of nitrogens with one attached hydrogen (secondary N) is 2. The number of carbonyl (C=O) groups is 2. The standard InChI is InChI=1S/C12H14N2O2/c1-8(9-6-4-3-5-7-9)12(2)10(15)13-11(16)14-12/h3-8H,1-2H3,(H2,13,14,15,16)/t8-,12+/m0/s1. The molecule has 1 heterocycles. The van der Waals surface area contributed by atoms with E-state index in [0.29, 0.717) is 0 Å². The molecule has 1 fully saturated rings. The maximum atomic E-state index is 11.7. The highest BCUT2D eigenvalue weighted by Gasteiger charge is 2.46. The lowest BCUT2D eigenvalue weighted by atomic mass is 9.82. The smallest absolute Gasteiger partial charge is 0.322 e. The Morgan fingerprint density at radius 1 is 1.19 bits per heavy atom. The van der Waals surface area contributed by atoms with Gasteiger partial charge in [-0.1, -0.05) is 37.3 Å². The summed E-state index contributed by atoms with van der Waals surface area (Å²) in [6.07, 6.45) is 0. The van der Waals surface area contributed by atoms with Crippen molar-refractivity contribution >= 4 is 11.9 Å². The number of urea groups is 1. The van der Waals surface area contributed by atoms with Crippen LogP contribution in [-0.2, 0) is 4.79 Å². The van der Waals surface area contributed by atoms with E-state index in [1.165, 1.54) is 0 Å². The summed E-state index contributed by atoms with van der Waals surface area (Å²) in [4.78, 5) is 22.9. The van der Waals surface area contributed by atoms with E-state index in [0.717, 1.165) is 5.56 Å². The van der Waals surface area contributed by atoms with Crippen LogP contribution in [0.3, 0.4) is 0 Å². The second kappa shape index (κ2) is 3.63. The summed E-state index contributed by atoms with van der Waals surface area (Å²) >= 11 is 0. The van der Waals surface area contributed by atoms with Crippen LogP contribution in [0, 0.1) is 0 Å². The van der Waals surface area contributed by atoms with Gasteiger partial charge in [-0.25, -0.2) is 4.79 Å². The average molecular weight is 218 g/mol. The van der Waals surface area contributed by atoms with E-state index in [1.54, 1.807) is 6.92 Å². The first-order chi connectivity index (χ1) is 7.54. The summed E-state index contributed by atoms with van der Waals surface area (Å²) in [6, 6.07) is 9.25. The Bertz CT molecular complexity index is 430. The maximum Gasteiger partial charge on any atom is 0.322 e. The van der Waals surface area contributed by atoms with Crippen molar-refractivity contribution in [2.24, 2.45) is 0 Å². The van der Waals surface area contributed by atoms with Gasteiger partial charge in [-0.05, 0) is 12.5 Å². The molecule has 4 nitrogen and oxygen atoms in total. The molecule has 1 aliphatic heterocycles. The monoisotopic (exact) mass is 218 g/mol. The zero-order valence-electron chi connectivity index (χ0n) is 9.28. The van der Waals surface area contributed by atoms with Crippen molar-refractivity contribution in [1.82, 2.24) is 10.6 Å². The predicted octanol–water partition coefficient (Wildman–Crippen LogP) is 1.39. The highest BCUT2D eigenvalue weighted by Crippen LogP contribution is 2.29. The van der Waals surface area contributed by atoms with E-state index in [9.17, 15) is 9.59 Å². The second-order valence-electron chi connectivity index (χ2n) is 4.24. The van der Waals surface area contributed by atoms with E-state index in [-0.39, 0.29) is 11.8 Å². The van der Waals surface area contributed by atoms with Gasteiger partial charge >= 0.3 is 6.03 Å². The summed E-state index contributed by atoms with van der Waals surface area (Å²) in [5, 5.41) is 4.95. The molecule has 0 saturated carbocycles. The number of imide groups is 1. The largest absolute Gasteiger partial charge is 0.323 e. The number of carbonyl (C=O) groups excluding carboxylic acids is 2. The predicted molar refractivity (Wildman–Crippen MR) is 59.9 cm³/mol. The molecule has 0 radical (unpaired) electrons. The maximum absolute atomic E-state index is 11.7. The van der Waals surface area contributed by atoms with Gasteiger partial charge in [0.1, 0.15) is 5.54 Å². The summed E-state index contributed by atoms with van der Waals surface area (Å²) in [7, 11) is 0. The van der Waals surface area contributed by atoms with Crippen molar-refractivity contribution in [2.45, 2.75) is 25.3 Å². The molecule has 1 saturated heterocycles. The van der Waals surface area contributed by atoms with Crippen LogP contribution >= 0.6 is 0 Å². The zero-order chi connectivity index (χ0) is 11.8. The Kier molecular flexibility index (Phi) is 2.42. The third-order valence-electron chi connectivity index (χ3n) is 3.24. The molecule has 2 N–H and O–H groups in total. The van der Waals surface area contributed by atoms with E-state index in [1.807, 2.05) is 37.3 Å². The van der Waals surface area contributed by atoms with Gasteiger partial charge in [0.05, 0.1) is 0 Å². The van der Waals surface area contributed by atoms with Gasteiger partial charge in [0.15, 0.2) is 0 Å². The van der Waals surface area contributed by atoms with Gasteiger partial charge in [0, 0.05) is 5.92 Å². The van der Waals surface area contributed by atoms with Gasteiger partial charge in [-0.3, -0.25) is 10.1 Å². The fourth-order valence-corrected chi connectivity index (χ4v) is 1.94. The normalized spacial score (nSPS) is 26.1. The summed E-state index contributed by atoms with van der Waals surface area (Å²) in [6.45, 7) is 3.67. The van der Waals surface area contributed by atoms with Gasteiger partial charge in [0.25, 0.3) is 5.91 Å². The molecule has 1 aromatic carbocycles. The Morgan fingerprint density at radius 3 is 2.31 bits per heavy atom. The molecular formula is C12H14N2O2. The summed E-state index contributed by atoms with van der Waals surface area (Å²) < 4.78 is 0. The lowest BCUT2D eigenvalue weighted by molar-refractivity contribution is -0.124. The Hall–Kier alpha value is -1.84. The minimum absolute atomic E-state index is 0.0693. The highest BCUT2D eigenvalue weighted by molar-refractivity contribution is 6.07. The van der Waals surface area contributed by atoms with Crippen molar-refractivity contribution in [2.75, 3.05) is 0 Å². The molecule has 16 heavy (non-hydrogen) atoms. The molecule has 1 aromatic rings. The van der Waals surface area contributed by atoms with Crippen LogP contribution in [0.5, 0.6) is 0 Å². The average Bonchev–Trinajstić information content (AvgIpc) is 2.54. The Balaban J connectivity index is 2.32. The number of hydrogen-bond donors (Lipinski definition) is 2. The molecule has 0 aliphatic carbocycles. The first kappa shape index (κ1) is 10.7. The Labute approximate surface area is 94.0 Å². The van der Waals surface area contributed by atoms with E-state index in [2.05, 4.69) is 10.6 Å². The van der Waals surface area contributed by atoms with Crippen LogP contribution in [0.15, 0.2) is 30.3 Å². The number of amides is 3. The molecule has 2 atom stereocenters. The van der Waals surface area contributed by atoms with Gasteiger partial charge in [0.2, 0.25) is 0 Å².